The van der Waals surface area contributed by atoms with Crippen LogP contribution in [0.15, 0.2) is 18.3 Å². The van der Waals surface area contributed by atoms with Gasteiger partial charge in [-0.2, -0.15) is 0 Å². The van der Waals surface area contributed by atoms with Crippen LogP contribution in [-0.2, 0) is 0 Å². The Morgan fingerprint density at radius 1 is 1.29 bits per heavy atom. The number of amides is 2. The predicted molar refractivity (Wildman–Crippen MR) is 78.5 cm³/mol. The Bertz CT molecular complexity index is 483. The van der Waals surface area contributed by atoms with Crippen LogP contribution in [-0.4, -0.2) is 53.2 Å². The molecular weight excluding hydrogens is 272 g/mol. The molecule has 114 valence electrons. The van der Waals surface area contributed by atoms with Crippen molar-refractivity contribution >= 4 is 17.7 Å². The number of hydrogen-bond acceptors (Lipinski definition) is 4. The van der Waals surface area contributed by atoms with E-state index >= 15 is 0 Å². The fraction of sp³-hybridized carbons (Fsp3) is 0.500. The van der Waals surface area contributed by atoms with Gasteiger partial charge in [-0.1, -0.05) is 0 Å². The lowest BCUT2D eigenvalue weighted by molar-refractivity contribution is 0.0690. The zero-order chi connectivity index (χ0) is 15.1. The summed E-state index contributed by atoms with van der Waals surface area (Å²) in [6, 6.07) is 2.56. The van der Waals surface area contributed by atoms with Gasteiger partial charge in [-0.05, 0) is 51.0 Å². The molecule has 0 saturated carbocycles. The number of anilines is 1. The number of carboxylic acids is 1. The molecule has 1 fully saturated rings. The largest absolute Gasteiger partial charge is 0.477 e. The number of aromatic nitrogens is 1. The zero-order valence-electron chi connectivity index (χ0n) is 11.8. The van der Waals surface area contributed by atoms with Crippen LogP contribution in [0, 0.1) is 0 Å². The monoisotopic (exact) mass is 292 g/mol. The molecule has 2 amide bonds. The van der Waals surface area contributed by atoms with Crippen molar-refractivity contribution in [2.45, 2.75) is 19.3 Å². The number of nitrogens with one attached hydrogen (secondary N) is 2. The SMILES string of the molecule is O=C(NCCCN1CCCC1)Nc1ccc(C(=O)O)nc1. The Kier molecular flexibility index (Phi) is 5.51. The molecule has 0 spiro atoms. The highest BCUT2D eigenvalue weighted by Gasteiger charge is 2.10. The molecule has 0 aliphatic carbocycles. The highest BCUT2D eigenvalue weighted by molar-refractivity contribution is 5.90. The second-order valence-corrected chi connectivity index (χ2v) is 5.02. The van der Waals surface area contributed by atoms with E-state index in [9.17, 15) is 9.59 Å². The van der Waals surface area contributed by atoms with E-state index in [-0.39, 0.29) is 11.7 Å². The van der Waals surface area contributed by atoms with Gasteiger partial charge in [-0.15, -0.1) is 0 Å². The zero-order valence-corrected chi connectivity index (χ0v) is 11.8. The van der Waals surface area contributed by atoms with E-state index in [1.165, 1.54) is 31.2 Å². The highest BCUT2D eigenvalue weighted by atomic mass is 16.4. The van der Waals surface area contributed by atoms with Crippen LogP contribution in [0.2, 0.25) is 0 Å². The molecule has 1 saturated heterocycles. The van der Waals surface area contributed by atoms with Crippen LogP contribution in [0.1, 0.15) is 29.8 Å². The van der Waals surface area contributed by atoms with E-state index in [0.29, 0.717) is 12.2 Å². The maximum absolute atomic E-state index is 11.6. The molecular formula is C14H20N4O3. The van der Waals surface area contributed by atoms with Crippen LogP contribution in [0.5, 0.6) is 0 Å². The molecule has 7 heteroatoms. The minimum Gasteiger partial charge on any atom is -0.477 e. The average Bonchev–Trinajstić information content (AvgIpc) is 2.97. The summed E-state index contributed by atoms with van der Waals surface area (Å²) in [5.41, 5.74) is 0.420. The Balaban J connectivity index is 1.65. The van der Waals surface area contributed by atoms with Gasteiger partial charge in [0.25, 0.3) is 0 Å². The minimum atomic E-state index is -1.09. The number of carbonyl (C=O) groups is 2. The molecule has 0 aromatic carbocycles. The summed E-state index contributed by atoms with van der Waals surface area (Å²) in [6.07, 6.45) is 4.79. The molecule has 0 unspecified atom stereocenters. The number of rotatable bonds is 6. The molecule has 21 heavy (non-hydrogen) atoms. The number of aromatic carboxylic acids is 1. The van der Waals surface area contributed by atoms with Crippen molar-refractivity contribution < 1.29 is 14.7 Å². The molecule has 7 nitrogen and oxygen atoms in total. The Hall–Kier alpha value is -2.15. The maximum atomic E-state index is 11.6. The van der Waals surface area contributed by atoms with Gasteiger partial charge in [-0.25, -0.2) is 14.6 Å². The van der Waals surface area contributed by atoms with Gasteiger partial charge in [0.15, 0.2) is 0 Å². The van der Waals surface area contributed by atoms with Crippen LogP contribution in [0.25, 0.3) is 0 Å². The molecule has 1 aromatic heterocycles. The number of pyridine rings is 1. The van der Waals surface area contributed by atoms with Crippen LogP contribution >= 0.6 is 0 Å². The van der Waals surface area contributed by atoms with Gasteiger partial charge in [0.05, 0.1) is 11.9 Å². The second-order valence-electron chi connectivity index (χ2n) is 5.02. The molecule has 1 aromatic rings. The third-order valence-electron chi connectivity index (χ3n) is 3.38. The highest BCUT2D eigenvalue weighted by Crippen LogP contribution is 2.07. The van der Waals surface area contributed by atoms with Crippen molar-refractivity contribution in [3.8, 4) is 0 Å². The van der Waals surface area contributed by atoms with E-state index < -0.39 is 5.97 Å². The van der Waals surface area contributed by atoms with Crippen LogP contribution in [0.4, 0.5) is 10.5 Å². The first-order chi connectivity index (χ1) is 10.1. The Labute approximate surface area is 123 Å². The first kappa shape index (κ1) is 15.2. The fourth-order valence-corrected chi connectivity index (χ4v) is 2.28. The number of nitrogens with zero attached hydrogens (tertiary/aromatic N) is 2. The maximum Gasteiger partial charge on any atom is 0.354 e. The third kappa shape index (κ3) is 5.03. The molecule has 0 radical (unpaired) electrons. The molecule has 0 bridgehead atoms. The summed E-state index contributed by atoms with van der Waals surface area (Å²) in [5.74, 6) is -1.09. The Morgan fingerprint density at radius 2 is 2.05 bits per heavy atom. The van der Waals surface area contributed by atoms with Crippen molar-refractivity contribution in [3.05, 3.63) is 24.0 Å². The molecule has 2 rings (SSSR count). The summed E-state index contributed by atoms with van der Waals surface area (Å²) >= 11 is 0. The lowest BCUT2D eigenvalue weighted by Gasteiger charge is -2.14. The van der Waals surface area contributed by atoms with Gasteiger partial charge in [-0.3, -0.25) is 0 Å². The number of hydrogen-bond donors (Lipinski definition) is 3. The van der Waals surface area contributed by atoms with Gasteiger partial charge < -0.3 is 20.6 Å². The van der Waals surface area contributed by atoms with E-state index in [4.69, 9.17) is 5.11 Å². The molecule has 3 N–H and O–H groups in total. The summed E-state index contributed by atoms with van der Waals surface area (Å²) in [4.78, 5) is 28.4. The lowest BCUT2D eigenvalue weighted by Crippen LogP contribution is -2.31. The van der Waals surface area contributed by atoms with E-state index in [0.717, 1.165) is 26.1 Å². The van der Waals surface area contributed by atoms with Crippen molar-refractivity contribution in [1.29, 1.82) is 0 Å². The number of carboxylic acid groups (broad SMARTS) is 1. The molecule has 1 aliphatic heterocycles. The number of carbonyl (C=O) groups excluding carboxylic acids is 1. The summed E-state index contributed by atoms with van der Waals surface area (Å²) in [6.45, 7) is 3.94. The molecule has 1 aliphatic rings. The van der Waals surface area contributed by atoms with Crippen molar-refractivity contribution in [3.63, 3.8) is 0 Å². The average molecular weight is 292 g/mol. The summed E-state index contributed by atoms with van der Waals surface area (Å²) in [5, 5.41) is 14.1. The fourth-order valence-electron chi connectivity index (χ4n) is 2.28. The molecule has 0 atom stereocenters. The van der Waals surface area contributed by atoms with Crippen LogP contribution in [0.3, 0.4) is 0 Å². The summed E-state index contributed by atoms with van der Waals surface area (Å²) < 4.78 is 0. The van der Waals surface area contributed by atoms with Gasteiger partial charge in [0, 0.05) is 6.54 Å². The van der Waals surface area contributed by atoms with E-state index in [1.807, 2.05) is 0 Å². The van der Waals surface area contributed by atoms with Gasteiger partial charge in [0.1, 0.15) is 5.69 Å². The third-order valence-corrected chi connectivity index (χ3v) is 3.38. The quantitative estimate of drug-likeness (QED) is 0.689. The topological polar surface area (TPSA) is 94.6 Å². The van der Waals surface area contributed by atoms with E-state index in [1.54, 1.807) is 0 Å². The van der Waals surface area contributed by atoms with Crippen molar-refractivity contribution in [1.82, 2.24) is 15.2 Å². The van der Waals surface area contributed by atoms with Crippen molar-refractivity contribution in [2.75, 3.05) is 31.5 Å². The standard InChI is InChI=1S/C14H20N4O3/c19-13(20)12-5-4-11(10-16-12)17-14(21)15-6-3-9-18-7-1-2-8-18/h4-5,10H,1-3,6-9H2,(H,19,20)(H2,15,17,21). The predicted octanol–water partition coefficient (Wildman–Crippen LogP) is 1.39. The number of likely N-dealkylation sites (tertiary alicyclic amines) is 1. The lowest BCUT2D eigenvalue weighted by atomic mass is 10.3. The first-order valence-electron chi connectivity index (χ1n) is 7.12. The Morgan fingerprint density at radius 3 is 2.67 bits per heavy atom. The minimum absolute atomic E-state index is 0.0495. The normalized spacial score (nSPS) is 14.9. The molecule has 2 heterocycles. The van der Waals surface area contributed by atoms with E-state index in [2.05, 4.69) is 20.5 Å². The first-order valence-corrected chi connectivity index (χ1v) is 7.12. The van der Waals surface area contributed by atoms with Gasteiger partial charge in [0.2, 0.25) is 0 Å². The number of urea groups is 1. The van der Waals surface area contributed by atoms with Crippen molar-refractivity contribution in [2.24, 2.45) is 0 Å². The smallest absolute Gasteiger partial charge is 0.354 e. The van der Waals surface area contributed by atoms with Gasteiger partial charge >= 0.3 is 12.0 Å². The van der Waals surface area contributed by atoms with Crippen LogP contribution < -0.4 is 10.6 Å². The second kappa shape index (κ2) is 7.58. The summed E-state index contributed by atoms with van der Waals surface area (Å²) in [7, 11) is 0.